The molecular formula is C20H20BrN5. The van der Waals surface area contributed by atoms with Crippen LogP contribution in [-0.2, 0) is 6.54 Å². The fraction of sp³-hybridized carbons (Fsp3) is 0.150. The minimum Gasteiger partial charge on any atom is -0.350 e. The zero-order chi connectivity index (χ0) is 18.4. The summed E-state index contributed by atoms with van der Waals surface area (Å²) in [5.74, 6) is 1.23. The van der Waals surface area contributed by atoms with Gasteiger partial charge in [0.1, 0.15) is 0 Å². The molecule has 26 heavy (non-hydrogen) atoms. The van der Waals surface area contributed by atoms with Crippen LogP contribution in [0.2, 0.25) is 0 Å². The Balaban J connectivity index is 1.69. The summed E-state index contributed by atoms with van der Waals surface area (Å²) in [4.78, 5) is 8.91. The van der Waals surface area contributed by atoms with Gasteiger partial charge in [0, 0.05) is 22.8 Å². The molecule has 0 spiro atoms. The molecule has 0 aliphatic heterocycles. The molecule has 1 heterocycles. The second kappa shape index (κ2) is 8.58. The number of anilines is 2. The third kappa shape index (κ3) is 5.13. The van der Waals surface area contributed by atoms with E-state index in [-0.39, 0.29) is 0 Å². The minimum atomic E-state index is 0.577. The van der Waals surface area contributed by atoms with E-state index in [2.05, 4.69) is 53.9 Å². The Hall–Kier alpha value is -2.73. The highest BCUT2D eigenvalue weighted by molar-refractivity contribution is 9.10. The molecule has 0 bridgehead atoms. The lowest BCUT2D eigenvalue weighted by Crippen LogP contribution is -2.07. The first kappa shape index (κ1) is 18.1. The van der Waals surface area contributed by atoms with Gasteiger partial charge in [0.15, 0.2) is 5.82 Å². The average molecular weight is 410 g/mol. The maximum atomic E-state index is 4.48. The third-order valence-corrected chi connectivity index (χ3v) is 4.28. The molecule has 0 fully saturated rings. The van der Waals surface area contributed by atoms with Gasteiger partial charge in [0.2, 0.25) is 5.95 Å². The molecule has 0 amide bonds. The molecule has 2 N–H and O–H groups in total. The molecule has 5 nitrogen and oxygen atoms in total. The Labute approximate surface area is 161 Å². The van der Waals surface area contributed by atoms with Gasteiger partial charge in [-0.25, -0.2) is 4.98 Å². The number of rotatable bonds is 6. The number of benzene rings is 2. The Morgan fingerprint density at radius 3 is 2.50 bits per heavy atom. The lowest BCUT2D eigenvalue weighted by Gasteiger charge is -2.08. The van der Waals surface area contributed by atoms with E-state index in [0.717, 1.165) is 21.4 Å². The van der Waals surface area contributed by atoms with Gasteiger partial charge in [-0.2, -0.15) is 10.1 Å². The molecule has 0 saturated heterocycles. The molecule has 1 aromatic heterocycles. The smallest absolute Gasteiger partial charge is 0.225 e. The van der Waals surface area contributed by atoms with Gasteiger partial charge >= 0.3 is 0 Å². The molecule has 132 valence electrons. The minimum absolute atomic E-state index is 0.577. The zero-order valence-electron chi connectivity index (χ0n) is 14.7. The van der Waals surface area contributed by atoms with E-state index in [9.17, 15) is 0 Å². The predicted octanol–water partition coefficient (Wildman–Crippen LogP) is 5.00. The largest absolute Gasteiger partial charge is 0.350 e. The van der Waals surface area contributed by atoms with E-state index in [1.165, 1.54) is 5.56 Å². The van der Waals surface area contributed by atoms with Crippen molar-refractivity contribution in [1.82, 2.24) is 9.97 Å². The summed E-state index contributed by atoms with van der Waals surface area (Å²) in [5.41, 5.74) is 7.00. The summed E-state index contributed by atoms with van der Waals surface area (Å²) in [6.07, 6.45) is 0. The Kier molecular flexibility index (Phi) is 5.96. The molecule has 0 aliphatic rings. The number of hydrazone groups is 1. The number of hydrogen-bond acceptors (Lipinski definition) is 5. The topological polar surface area (TPSA) is 62.2 Å². The van der Waals surface area contributed by atoms with Crippen molar-refractivity contribution in [3.8, 4) is 0 Å². The maximum Gasteiger partial charge on any atom is 0.225 e. The Morgan fingerprint density at radius 1 is 1.04 bits per heavy atom. The predicted molar refractivity (Wildman–Crippen MR) is 111 cm³/mol. The van der Waals surface area contributed by atoms with E-state index in [4.69, 9.17) is 0 Å². The highest BCUT2D eigenvalue weighted by atomic mass is 79.9. The molecule has 0 atom stereocenters. The van der Waals surface area contributed by atoms with Crippen molar-refractivity contribution in [3.05, 3.63) is 82.0 Å². The fourth-order valence-electron chi connectivity index (χ4n) is 2.38. The lowest BCUT2D eigenvalue weighted by atomic mass is 10.1. The van der Waals surface area contributed by atoms with Crippen LogP contribution < -0.4 is 10.7 Å². The van der Waals surface area contributed by atoms with Crippen molar-refractivity contribution >= 4 is 33.4 Å². The van der Waals surface area contributed by atoms with Crippen LogP contribution in [0.3, 0.4) is 0 Å². The van der Waals surface area contributed by atoms with Crippen LogP contribution in [0.15, 0.2) is 70.2 Å². The van der Waals surface area contributed by atoms with Gasteiger partial charge in [-0.15, -0.1) is 0 Å². The number of nitrogens with zero attached hydrogens (tertiary/aromatic N) is 3. The van der Waals surface area contributed by atoms with Crippen LogP contribution in [0, 0.1) is 6.92 Å². The molecule has 3 aromatic rings. The quantitative estimate of drug-likeness (QED) is 0.444. The Bertz CT molecular complexity index is 892. The Morgan fingerprint density at radius 2 is 1.77 bits per heavy atom. The van der Waals surface area contributed by atoms with Crippen LogP contribution >= 0.6 is 15.9 Å². The second-order valence-electron chi connectivity index (χ2n) is 5.87. The monoisotopic (exact) mass is 409 g/mol. The van der Waals surface area contributed by atoms with E-state index in [0.29, 0.717) is 18.3 Å². The van der Waals surface area contributed by atoms with Crippen molar-refractivity contribution in [1.29, 1.82) is 0 Å². The molecule has 0 saturated carbocycles. The zero-order valence-corrected chi connectivity index (χ0v) is 16.3. The first-order chi connectivity index (χ1) is 12.6. The van der Waals surface area contributed by atoms with Crippen LogP contribution in [-0.4, -0.2) is 15.7 Å². The van der Waals surface area contributed by atoms with Gasteiger partial charge in [0.25, 0.3) is 0 Å². The van der Waals surface area contributed by atoms with Gasteiger partial charge in [-0.3, -0.25) is 5.43 Å². The van der Waals surface area contributed by atoms with Crippen molar-refractivity contribution in [2.24, 2.45) is 5.10 Å². The SMILES string of the molecule is C/C(=N/Nc1cc(C)nc(NCc2ccccc2)n1)c1ccc(Br)cc1. The molecule has 6 heteroatoms. The number of halogens is 1. The summed E-state index contributed by atoms with van der Waals surface area (Å²) in [7, 11) is 0. The molecule has 2 aromatic carbocycles. The highest BCUT2D eigenvalue weighted by Crippen LogP contribution is 2.13. The van der Waals surface area contributed by atoms with E-state index >= 15 is 0 Å². The summed E-state index contributed by atoms with van der Waals surface area (Å²) < 4.78 is 1.04. The van der Waals surface area contributed by atoms with Gasteiger partial charge in [-0.1, -0.05) is 58.4 Å². The number of aryl methyl sites for hydroxylation is 1. The van der Waals surface area contributed by atoms with E-state index in [1.807, 2.05) is 62.4 Å². The molecular weight excluding hydrogens is 390 g/mol. The van der Waals surface area contributed by atoms with Crippen LogP contribution in [0.1, 0.15) is 23.7 Å². The second-order valence-corrected chi connectivity index (χ2v) is 6.79. The van der Waals surface area contributed by atoms with Crippen molar-refractivity contribution in [2.45, 2.75) is 20.4 Å². The van der Waals surface area contributed by atoms with Crippen molar-refractivity contribution < 1.29 is 0 Å². The summed E-state index contributed by atoms with van der Waals surface area (Å²) in [5, 5.41) is 7.68. The number of aromatic nitrogens is 2. The summed E-state index contributed by atoms with van der Waals surface area (Å²) in [6.45, 7) is 4.57. The lowest BCUT2D eigenvalue weighted by molar-refractivity contribution is 1.02. The van der Waals surface area contributed by atoms with Gasteiger partial charge in [0.05, 0.1) is 5.71 Å². The van der Waals surface area contributed by atoms with Crippen molar-refractivity contribution in [2.75, 3.05) is 10.7 Å². The molecule has 0 unspecified atom stereocenters. The first-order valence-corrected chi connectivity index (χ1v) is 9.09. The van der Waals surface area contributed by atoms with E-state index in [1.54, 1.807) is 0 Å². The van der Waals surface area contributed by atoms with Crippen LogP contribution in [0.25, 0.3) is 0 Å². The van der Waals surface area contributed by atoms with Crippen LogP contribution in [0.5, 0.6) is 0 Å². The maximum absolute atomic E-state index is 4.48. The first-order valence-electron chi connectivity index (χ1n) is 8.30. The third-order valence-electron chi connectivity index (χ3n) is 3.75. The summed E-state index contributed by atoms with van der Waals surface area (Å²) >= 11 is 3.44. The average Bonchev–Trinajstić information content (AvgIpc) is 2.65. The van der Waals surface area contributed by atoms with Crippen molar-refractivity contribution in [3.63, 3.8) is 0 Å². The van der Waals surface area contributed by atoms with Gasteiger partial charge in [-0.05, 0) is 37.1 Å². The fourth-order valence-corrected chi connectivity index (χ4v) is 2.64. The van der Waals surface area contributed by atoms with Crippen LogP contribution in [0.4, 0.5) is 11.8 Å². The molecule has 3 rings (SSSR count). The summed E-state index contributed by atoms with van der Waals surface area (Å²) in [6, 6.07) is 20.0. The standard InChI is InChI=1S/C20H20BrN5/c1-14-12-19(26-25-15(2)17-8-10-18(21)11-9-17)24-20(23-14)22-13-16-6-4-3-5-7-16/h3-12H,13H2,1-2H3,(H2,22,23,24,26)/b25-15-. The number of hydrogen-bond donors (Lipinski definition) is 2. The molecule has 0 radical (unpaired) electrons. The number of nitrogens with one attached hydrogen (secondary N) is 2. The van der Waals surface area contributed by atoms with E-state index < -0.39 is 0 Å². The molecule has 0 aliphatic carbocycles. The normalized spacial score (nSPS) is 11.3. The highest BCUT2D eigenvalue weighted by Gasteiger charge is 2.03. The van der Waals surface area contributed by atoms with Gasteiger partial charge < -0.3 is 5.32 Å².